The number of nitrogens with zero attached hydrogens (tertiary/aromatic N) is 1. The monoisotopic (exact) mass is 261 g/mol. The van der Waals surface area contributed by atoms with E-state index in [0.717, 1.165) is 26.3 Å². The zero-order valence-corrected chi connectivity index (χ0v) is 13.0. The van der Waals surface area contributed by atoms with Gasteiger partial charge in [-0.3, -0.25) is 0 Å². The van der Waals surface area contributed by atoms with E-state index in [1.54, 1.807) is 0 Å². The van der Waals surface area contributed by atoms with Crippen molar-refractivity contribution in [1.82, 2.24) is 4.90 Å². The van der Waals surface area contributed by atoms with Crippen LogP contribution in [0.2, 0.25) is 0 Å². The molecule has 1 heterocycles. The van der Waals surface area contributed by atoms with Crippen LogP contribution in [0.5, 0.6) is 0 Å². The highest BCUT2D eigenvalue weighted by molar-refractivity contribution is 5.67. The van der Waals surface area contributed by atoms with E-state index < -0.39 is 0 Å². The first-order valence-electron chi connectivity index (χ1n) is 7.29. The Morgan fingerprint density at radius 2 is 1.79 bits per heavy atom. The van der Waals surface area contributed by atoms with Crippen molar-refractivity contribution in [2.24, 2.45) is 0 Å². The molecule has 0 radical (unpaired) electrons. The fraction of sp³-hybridized carbons (Fsp3) is 0.529. The second-order valence-electron chi connectivity index (χ2n) is 4.59. The zero-order chi connectivity index (χ0) is 14.3. The van der Waals surface area contributed by atoms with Crippen LogP contribution in [0.1, 0.15) is 37.5 Å². The van der Waals surface area contributed by atoms with E-state index >= 15 is 0 Å². The van der Waals surface area contributed by atoms with Crippen LogP contribution in [0.25, 0.3) is 5.70 Å². The van der Waals surface area contributed by atoms with E-state index in [1.807, 2.05) is 13.8 Å². The smallest absolute Gasteiger partial charge is 0.0642 e. The molecule has 1 fully saturated rings. The molecule has 0 aromatic heterocycles. The summed E-state index contributed by atoms with van der Waals surface area (Å²) in [5.41, 5.74) is 5.36. The lowest BCUT2D eigenvalue weighted by atomic mass is 10.0. The van der Waals surface area contributed by atoms with E-state index in [0.29, 0.717) is 0 Å². The molecule has 0 saturated carbocycles. The van der Waals surface area contributed by atoms with E-state index in [1.165, 1.54) is 22.4 Å². The first kappa shape index (κ1) is 15.8. The number of benzene rings is 1. The summed E-state index contributed by atoms with van der Waals surface area (Å²) in [4.78, 5) is 2.42. The molecule has 1 aromatic rings. The summed E-state index contributed by atoms with van der Waals surface area (Å²) < 4.78 is 5.41. The molecule has 0 bridgehead atoms. The average molecular weight is 261 g/mol. The van der Waals surface area contributed by atoms with Crippen LogP contribution in [-0.4, -0.2) is 31.2 Å². The largest absolute Gasteiger partial charge is 0.378 e. The summed E-state index contributed by atoms with van der Waals surface area (Å²) in [6.07, 6.45) is 2.21. The van der Waals surface area contributed by atoms with Crippen molar-refractivity contribution in [2.45, 2.75) is 34.6 Å². The molecule has 106 valence electrons. The second-order valence-corrected chi connectivity index (χ2v) is 4.59. The molecule has 19 heavy (non-hydrogen) atoms. The molecule has 1 saturated heterocycles. The summed E-state index contributed by atoms with van der Waals surface area (Å²) in [5.74, 6) is 0. The van der Waals surface area contributed by atoms with Crippen LogP contribution < -0.4 is 0 Å². The molecule has 0 atom stereocenters. The predicted molar refractivity (Wildman–Crippen MR) is 83.3 cm³/mol. The molecule has 1 aliphatic heterocycles. The Morgan fingerprint density at radius 1 is 1.16 bits per heavy atom. The van der Waals surface area contributed by atoms with Gasteiger partial charge in [0.1, 0.15) is 0 Å². The van der Waals surface area contributed by atoms with Gasteiger partial charge in [-0.05, 0) is 26.3 Å². The molecule has 0 unspecified atom stereocenters. The number of allylic oxidation sites excluding steroid dienone is 1. The lowest BCUT2D eigenvalue weighted by Gasteiger charge is -2.32. The van der Waals surface area contributed by atoms with Crippen molar-refractivity contribution in [3.8, 4) is 0 Å². The zero-order valence-electron chi connectivity index (χ0n) is 13.0. The van der Waals surface area contributed by atoms with E-state index in [4.69, 9.17) is 4.74 Å². The number of rotatable bonds is 2. The third kappa shape index (κ3) is 4.10. The van der Waals surface area contributed by atoms with Gasteiger partial charge in [-0.25, -0.2) is 0 Å². The number of hydrogen-bond donors (Lipinski definition) is 0. The van der Waals surface area contributed by atoms with E-state index in [9.17, 15) is 0 Å². The van der Waals surface area contributed by atoms with Crippen LogP contribution in [-0.2, 0) is 4.74 Å². The highest BCUT2D eigenvalue weighted by Crippen LogP contribution is 2.24. The normalized spacial score (nSPS) is 15.8. The summed E-state index contributed by atoms with van der Waals surface area (Å²) in [5, 5.41) is 0. The van der Waals surface area contributed by atoms with Crippen molar-refractivity contribution in [3.05, 3.63) is 41.0 Å². The van der Waals surface area contributed by atoms with Gasteiger partial charge in [0.05, 0.1) is 13.2 Å². The summed E-state index contributed by atoms with van der Waals surface area (Å²) in [6, 6.07) is 6.67. The lowest BCUT2D eigenvalue weighted by Crippen LogP contribution is -2.35. The van der Waals surface area contributed by atoms with Crippen molar-refractivity contribution in [1.29, 1.82) is 0 Å². The van der Waals surface area contributed by atoms with Gasteiger partial charge in [0.15, 0.2) is 0 Å². The Bertz CT molecular complexity index is 417. The topological polar surface area (TPSA) is 12.5 Å². The van der Waals surface area contributed by atoms with Gasteiger partial charge in [0, 0.05) is 24.4 Å². The molecule has 1 aliphatic rings. The highest BCUT2D eigenvalue weighted by atomic mass is 16.5. The molecule has 2 rings (SSSR count). The minimum atomic E-state index is 0.836. The number of ether oxygens (including phenoxy) is 1. The maximum absolute atomic E-state index is 5.41. The lowest BCUT2D eigenvalue weighted by molar-refractivity contribution is 0.0639. The molecular formula is C17H27NO. The van der Waals surface area contributed by atoms with Gasteiger partial charge in [-0.2, -0.15) is 0 Å². The predicted octanol–water partition coefficient (Wildman–Crippen LogP) is 4.02. The SMILES string of the molecule is C/C=C(/c1ccc(C)cc1C)N1CCOCC1.CC. The number of aryl methyl sites for hydroxylation is 2. The number of morpholine rings is 1. The van der Waals surface area contributed by atoms with Crippen LogP contribution >= 0.6 is 0 Å². The Kier molecular flexibility index (Phi) is 6.65. The van der Waals surface area contributed by atoms with E-state index in [2.05, 4.69) is 49.9 Å². The molecule has 0 spiro atoms. The maximum atomic E-state index is 5.41. The Hall–Kier alpha value is -1.28. The Labute approximate surface area is 118 Å². The summed E-state index contributed by atoms with van der Waals surface area (Å²) in [7, 11) is 0. The maximum Gasteiger partial charge on any atom is 0.0642 e. The summed E-state index contributed by atoms with van der Waals surface area (Å²) >= 11 is 0. The molecule has 2 heteroatoms. The quantitative estimate of drug-likeness (QED) is 0.797. The van der Waals surface area contributed by atoms with Gasteiger partial charge in [-0.15, -0.1) is 0 Å². The highest BCUT2D eigenvalue weighted by Gasteiger charge is 2.15. The van der Waals surface area contributed by atoms with Gasteiger partial charge in [-0.1, -0.05) is 43.7 Å². The second kappa shape index (κ2) is 8.00. The molecule has 0 amide bonds. The average Bonchev–Trinajstić information content (AvgIpc) is 2.45. The van der Waals surface area contributed by atoms with Gasteiger partial charge >= 0.3 is 0 Å². The van der Waals surface area contributed by atoms with E-state index in [-0.39, 0.29) is 0 Å². The molecule has 1 aromatic carbocycles. The van der Waals surface area contributed by atoms with Crippen molar-refractivity contribution >= 4 is 5.70 Å². The molecule has 0 N–H and O–H groups in total. The summed E-state index contributed by atoms with van der Waals surface area (Å²) in [6.45, 7) is 14.1. The first-order chi connectivity index (χ1) is 9.22. The fourth-order valence-electron chi connectivity index (χ4n) is 2.41. The number of hydrogen-bond acceptors (Lipinski definition) is 2. The van der Waals surface area contributed by atoms with Crippen LogP contribution in [0, 0.1) is 13.8 Å². The standard InChI is InChI=1S/C15H21NO.C2H6/c1-4-15(16-7-9-17-10-8-16)14-6-5-12(2)11-13(14)3;1-2/h4-6,11H,7-10H2,1-3H3;1-2H3/b15-4-;. The van der Waals surface area contributed by atoms with Crippen molar-refractivity contribution in [3.63, 3.8) is 0 Å². The molecule has 0 aliphatic carbocycles. The molecular weight excluding hydrogens is 234 g/mol. The Balaban J connectivity index is 0.000000861. The van der Waals surface area contributed by atoms with Gasteiger partial charge in [0.2, 0.25) is 0 Å². The van der Waals surface area contributed by atoms with Crippen molar-refractivity contribution < 1.29 is 4.74 Å². The van der Waals surface area contributed by atoms with Gasteiger partial charge < -0.3 is 9.64 Å². The van der Waals surface area contributed by atoms with Crippen LogP contribution in [0.15, 0.2) is 24.3 Å². The molecule has 2 nitrogen and oxygen atoms in total. The van der Waals surface area contributed by atoms with Crippen molar-refractivity contribution in [2.75, 3.05) is 26.3 Å². The van der Waals surface area contributed by atoms with Crippen LogP contribution in [0.4, 0.5) is 0 Å². The third-order valence-electron chi connectivity index (χ3n) is 3.28. The van der Waals surface area contributed by atoms with Crippen LogP contribution in [0.3, 0.4) is 0 Å². The van der Waals surface area contributed by atoms with Gasteiger partial charge in [0.25, 0.3) is 0 Å². The minimum Gasteiger partial charge on any atom is -0.378 e. The fourth-order valence-corrected chi connectivity index (χ4v) is 2.41. The first-order valence-corrected chi connectivity index (χ1v) is 7.29. The Morgan fingerprint density at radius 3 is 2.32 bits per heavy atom. The minimum absolute atomic E-state index is 0.836. The third-order valence-corrected chi connectivity index (χ3v) is 3.28.